The molecule has 0 spiro atoms. The van der Waals surface area contributed by atoms with Gasteiger partial charge < -0.3 is 5.32 Å². The minimum Gasteiger partial charge on any atom is -0.320 e. The zero-order chi connectivity index (χ0) is 22.8. The van der Waals surface area contributed by atoms with Crippen molar-refractivity contribution >= 4 is 50.7 Å². The summed E-state index contributed by atoms with van der Waals surface area (Å²) in [5.74, 6) is -1.40. The molecule has 2 aromatic carbocycles. The second kappa shape index (κ2) is 9.21. The number of nitrogens with one attached hydrogen (secondary N) is 1. The summed E-state index contributed by atoms with van der Waals surface area (Å²) in [5, 5.41) is 7.68. The van der Waals surface area contributed by atoms with Crippen LogP contribution in [-0.4, -0.2) is 30.4 Å². The molecule has 10 heteroatoms. The molecule has 1 heterocycles. The van der Waals surface area contributed by atoms with Gasteiger partial charge in [-0.25, -0.2) is 17.5 Å². The van der Waals surface area contributed by atoms with E-state index >= 15 is 0 Å². The molecule has 0 saturated heterocycles. The van der Waals surface area contributed by atoms with Gasteiger partial charge in [0, 0.05) is 22.9 Å². The second-order valence-electron chi connectivity index (χ2n) is 6.81. The number of carbonyl (C=O) groups is 1. The van der Waals surface area contributed by atoms with Gasteiger partial charge in [0.1, 0.15) is 11.0 Å². The van der Waals surface area contributed by atoms with Crippen LogP contribution in [0.15, 0.2) is 53.4 Å². The number of carbonyl (C=O) groups excluding carboxylic acids is 1. The Labute approximate surface area is 189 Å². The Hall–Kier alpha value is -2.68. The Bertz CT molecular complexity index is 1270. The SMILES string of the molecule is Cc1nn(Cc2ccc(Cl)cc2)c(Cl)c1/C=C/C(=O)Nc1cc(S(C)(=O)=O)ccc1F. The third-order valence-corrected chi connectivity index (χ3v) is 6.14. The Morgan fingerprint density at radius 2 is 1.87 bits per heavy atom. The molecule has 0 aliphatic heterocycles. The van der Waals surface area contributed by atoms with Crippen LogP contribution in [0.4, 0.5) is 10.1 Å². The van der Waals surface area contributed by atoms with E-state index in [-0.39, 0.29) is 10.6 Å². The molecule has 0 atom stereocenters. The van der Waals surface area contributed by atoms with Gasteiger partial charge >= 0.3 is 0 Å². The zero-order valence-corrected chi connectivity index (χ0v) is 18.9. The number of nitrogens with zero attached hydrogens (tertiary/aromatic N) is 2. The van der Waals surface area contributed by atoms with Crippen molar-refractivity contribution in [3.63, 3.8) is 0 Å². The molecule has 0 aliphatic carbocycles. The second-order valence-corrected chi connectivity index (χ2v) is 9.62. The van der Waals surface area contributed by atoms with E-state index in [4.69, 9.17) is 23.2 Å². The molecule has 3 rings (SSSR count). The van der Waals surface area contributed by atoms with E-state index in [0.29, 0.717) is 28.0 Å². The quantitative estimate of drug-likeness (QED) is 0.407. The third kappa shape index (κ3) is 5.72. The Morgan fingerprint density at radius 3 is 2.52 bits per heavy atom. The van der Waals surface area contributed by atoms with Crippen LogP contribution in [0.25, 0.3) is 6.08 Å². The fourth-order valence-corrected chi connectivity index (χ4v) is 3.86. The smallest absolute Gasteiger partial charge is 0.248 e. The van der Waals surface area contributed by atoms with Crippen LogP contribution in [-0.2, 0) is 21.2 Å². The van der Waals surface area contributed by atoms with Crippen LogP contribution in [0.5, 0.6) is 0 Å². The van der Waals surface area contributed by atoms with Gasteiger partial charge in [-0.1, -0.05) is 35.3 Å². The van der Waals surface area contributed by atoms with Crippen molar-refractivity contribution in [2.45, 2.75) is 18.4 Å². The van der Waals surface area contributed by atoms with E-state index in [1.165, 1.54) is 12.2 Å². The predicted octanol–water partition coefficient (Wildman–Crippen LogP) is 4.74. The lowest BCUT2D eigenvalue weighted by atomic mass is 10.2. The van der Waals surface area contributed by atoms with E-state index in [9.17, 15) is 17.6 Å². The minimum absolute atomic E-state index is 0.101. The van der Waals surface area contributed by atoms with Crippen LogP contribution in [0.2, 0.25) is 10.2 Å². The average Bonchev–Trinajstić information content (AvgIpc) is 2.95. The molecule has 3 aromatic rings. The molecule has 31 heavy (non-hydrogen) atoms. The normalized spacial score (nSPS) is 11.8. The molecule has 0 fully saturated rings. The summed E-state index contributed by atoms with van der Waals surface area (Å²) in [6, 6.07) is 10.4. The first-order valence-electron chi connectivity index (χ1n) is 9.00. The van der Waals surface area contributed by atoms with E-state index in [2.05, 4.69) is 10.4 Å². The zero-order valence-electron chi connectivity index (χ0n) is 16.6. The summed E-state index contributed by atoms with van der Waals surface area (Å²) in [7, 11) is -3.54. The van der Waals surface area contributed by atoms with E-state index in [0.717, 1.165) is 30.0 Å². The maximum atomic E-state index is 14.0. The van der Waals surface area contributed by atoms with Crippen molar-refractivity contribution in [1.29, 1.82) is 0 Å². The van der Waals surface area contributed by atoms with Crippen LogP contribution in [0, 0.1) is 12.7 Å². The lowest BCUT2D eigenvalue weighted by Crippen LogP contribution is -2.10. The molecule has 6 nitrogen and oxygen atoms in total. The number of aryl methyl sites for hydroxylation is 1. The molecule has 1 amide bonds. The Kier molecular flexibility index (Phi) is 6.83. The molecule has 1 aromatic heterocycles. The van der Waals surface area contributed by atoms with Gasteiger partial charge in [0.25, 0.3) is 0 Å². The van der Waals surface area contributed by atoms with E-state index < -0.39 is 21.6 Å². The lowest BCUT2D eigenvalue weighted by molar-refractivity contribution is -0.111. The molecule has 1 N–H and O–H groups in total. The van der Waals surface area contributed by atoms with Crippen molar-refractivity contribution in [3.8, 4) is 0 Å². The van der Waals surface area contributed by atoms with Crippen LogP contribution >= 0.6 is 23.2 Å². The summed E-state index contributed by atoms with van der Waals surface area (Å²) in [6.07, 6.45) is 3.64. The summed E-state index contributed by atoms with van der Waals surface area (Å²) < 4.78 is 38.8. The topological polar surface area (TPSA) is 81.1 Å². The van der Waals surface area contributed by atoms with Crippen molar-refractivity contribution in [2.75, 3.05) is 11.6 Å². The van der Waals surface area contributed by atoms with Gasteiger partial charge in [0.2, 0.25) is 5.91 Å². The highest BCUT2D eigenvalue weighted by molar-refractivity contribution is 7.90. The fourth-order valence-electron chi connectivity index (χ4n) is 2.79. The van der Waals surface area contributed by atoms with Gasteiger partial charge in [-0.3, -0.25) is 4.79 Å². The number of sulfone groups is 1. The van der Waals surface area contributed by atoms with Crippen LogP contribution < -0.4 is 5.32 Å². The number of rotatable bonds is 6. The third-order valence-electron chi connectivity index (χ3n) is 4.38. The first-order valence-corrected chi connectivity index (χ1v) is 11.7. The molecule has 0 radical (unpaired) electrons. The van der Waals surface area contributed by atoms with Gasteiger partial charge in [-0.15, -0.1) is 0 Å². The molecule has 0 bridgehead atoms. The lowest BCUT2D eigenvalue weighted by Gasteiger charge is -2.06. The standard InChI is InChI=1S/C21H18Cl2FN3O3S/c1-13-17(21(23)27(26-13)12-14-3-5-15(22)6-4-14)8-10-20(28)25-19-11-16(31(2,29)30)7-9-18(19)24/h3-11H,12H2,1-2H3,(H,25,28)/b10-8+. The van der Waals surface area contributed by atoms with Crippen molar-refractivity contribution in [1.82, 2.24) is 9.78 Å². The maximum Gasteiger partial charge on any atom is 0.248 e. The predicted molar refractivity (Wildman–Crippen MR) is 120 cm³/mol. The number of anilines is 1. The molecular formula is C21H18Cl2FN3O3S. The monoisotopic (exact) mass is 481 g/mol. The van der Waals surface area contributed by atoms with Gasteiger partial charge in [-0.05, 0) is 48.9 Å². The molecule has 0 saturated carbocycles. The van der Waals surface area contributed by atoms with Gasteiger partial charge in [0.15, 0.2) is 9.84 Å². The highest BCUT2D eigenvalue weighted by atomic mass is 35.5. The average molecular weight is 482 g/mol. The molecular weight excluding hydrogens is 464 g/mol. The van der Waals surface area contributed by atoms with Crippen LogP contribution in [0.1, 0.15) is 16.8 Å². The molecule has 162 valence electrons. The van der Waals surface area contributed by atoms with Gasteiger partial charge in [0.05, 0.1) is 22.8 Å². The Morgan fingerprint density at radius 1 is 1.19 bits per heavy atom. The maximum absolute atomic E-state index is 14.0. The first kappa shape index (κ1) is 23.0. The number of hydrogen-bond acceptors (Lipinski definition) is 4. The first-order chi connectivity index (χ1) is 14.5. The van der Waals surface area contributed by atoms with Crippen molar-refractivity contribution in [2.24, 2.45) is 0 Å². The summed E-state index contributed by atoms with van der Waals surface area (Å²) in [5.41, 5.74) is 1.85. The number of benzene rings is 2. The van der Waals surface area contributed by atoms with E-state index in [1.54, 1.807) is 23.7 Å². The molecule has 0 aliphatic rings. The number of halogens is 3. The number of amides is 1. The summed E-state index contributed by atoms with van der Waals surface area (Å²) in [4.78, 5) is 12.2. The largest absolute Gasteiger partial charge is 0.320 e. The Balaban J connectivity index is 1.77. The van der Waals surface area contributed by atoms with Crippen molar-refractivity contribution < 1.29 is 17.6 Å². The van der Waals surface area contributed by atoms with Gasteiger partial charge in [-0.2, -0.15) is 5.10 Å². The van der Waals surface area contributed by atoms with E-state index in [1.807, 2.05) is 12.1 Å². The van der Waals surface area contributed by atoms with Crippen LogP contribution in [0.3, 0.4) is 0 Å². The number of hydrogen-bond donors (Lipinski definition) is 1. The highest BCUT2D eigenvalue weighted by Crippen LogP contribution is 2.23. The highest BCUT2D eigenvalue weighted by Gasteiger charge is 2.14. The fraction of sp³-hybridized carbons (Fsp3) is 0.143. The van der Waals surface area contributed by atoms with Crippen molar-refractivity contribution in [3.05, 3.63) is 81.4 Å². The number of aromatic nitrogens is 2. The minimum atomic E-state index is -3.54. The molecule has 0 unspecified atom stereocenters. The summed E-state index contributed by atoms with van der Waals surface area (Å²) in [6.45, 7) is 2.16. The summed E-state index contributed by atoms with van der Waals surface area (Å²) >= 11 is 12.3.